The molecule has 120 valence electrons. The molecule has 0 aromatic heterocycles. The normalized spacial score (nSPS) is 16.0. The fraction of sp³-hybridized carbons (Fsp3) is 0.350. The van der Waals surface area contributed by atoms with Gasteiger partial charge < -0.3 is 10.6 Å². The van der Waals surface area contributed by atoms with Crippen LogP contribution in [-0.2, 0) is 12.8 Å². The van der Waals surface area contributed by atoms with Crippen molar-refractivity contribution in [3.8, 4) is 0 Å². The third kappa shape index (κ3) is 4.11. The number of fused-ring (bicyclic) bond motifs is 1. The summed E-state index contributed by atoms with van der Waals surface area (Å²) in [7, 11) is 0. The minimum atomic E-state index is 0.329. The van der Waals surface area contributed by atoms with E-state index in [0.29, 0.717) is 11.2 Å². The summed E-state index contributed by atoms with van der Waals surface area (Å²) in [6.45, 7) is 2.22. The summed E-state index contributed by atoms with van der Waals surface area (Å²) >= 11 is 5.48. The smallest absolute Gasteiger partial charge is 0.171 e. The summed E-state index contributed by atoms with van der Waals surface area (Å²) in [4.78, 5) is 0. The Kier molecular flexibility index (Phi) is 5.29. The van der Waals surface area contributed by atoms with Gasteiger partial charge in [0.25, 0.3) is 0 Å². The summed E-state index contributed by atoms with van der Waals surface area (Å²) in [5.74, 6) is 0. The van der Waals surface area contributed by atoms with Gasteiger partial charge in [-0.25, -0.2) is 0 Å². The molecule has 1 aliphatic rings. The van der Waals surface area contributed by atoms with Crippen LogP contribution in [0.2, 0.25) is 0 Å². The molecule has 3 rings (SSSR count). The maximum atomic E-state index is 5.48. The lowest BCUT2D eigenvalue weighted by Gasteiger charge is -2.17. The first kappa shape index (κ1) is 16.0. The number of thiocarbonyl (C=S) groups is 1. The Labute approximate surface area is 144 Å². The van der Waals surface area contributed by atoms with E-state index in [0.717, 1.165) is 24.9 Å². The van der Waals surface area contributed by atoms with Crippen molar-refractivity contribution in [3.05, 3.63) is 65.2 Å². The highest BCUT2D eigenvalue weighted by molar-refractivity contribution is 7.80. The molecule has 2 N–H and O–H groups in total. The zero-order valence-corrected chi connectivity index (χ0v) is 14.5. The SMILES string of the molecule is CCCCc1ccc(NC(=S)NC2CCc3ccccc32)cc1. The highest BCUT2D eigenvalue weighted by Gasteiger charge is 2.22. The first-order valence-electron chi connectivity index (χ1n) is 8.50. The third-order valence-electron chi connectivity index (χ3n) is 4.47. The average Bonchev–Trinajstić information content (AvgIpc) is 2.97. The Morgan fingerprint density at radius 1 is 1.13 bits per heavy atom. The lowest BCUT2D eigenvalue weighted by molar-refractivity contribution is 0.644. The summed E-state index contributed by atoms with van der Waals surface area (Å²) in [5, 5.41) is 7.46. The standard InChI is InChI=1S/C20H24N2S/c1-2-3-6-15-9-12-17(13-10-15)21-20(23)22-19-14-11-16-7-4-5-8-18(16)19/h4-5,7-10,12-13,19H,2-3,6,11,14H2,1H3,(H2,21,22,23). The van der Waals surface area contributed by atoms with Crippen LogP contribution in [-0.4, -0.2) is 5.11 Å². The van der Waals surface area contributed by atoms with Crippen LogP contribution >= 0.6 is 12.2 Å². The second-order valence-electron chi connectivity index (χ2n) is 6.19. The number of nitrogens with one attached hydrogen (secondary N) is 2. The van der Waals surface area contributed by atoms with Gasteiger partial charge in [0.1, 0.15) is 0 Å². The highest BCUT2D eigenvalue weighted by Crippen LogP contribution is 2.30. The summed E-state index contributed by atoms with van der Waals surface area (Å²) in [5.41, 5.74) is 5.26. The molecule has 0 amide bonds. The molecule has 0 fully saturated rings. The van der Waals surface area contributed by atoms with Gasteiger partial charge in [-0.1, -0.05) is 49.7 Å². The molecule has 1 aliphatic carbocycles. The second kappa shape index (κ2) is 7.60. The van der Waals surface area contributed by atoms with Crippen molar-refractivity contribution in [1.29, 1.82) is 0 Å². The molecule has 0 radical (unpaired) electrons. The number of benzene rings is 2. The van der Waals surface area contributed by atoms with Gasteiger partial charge in [0, 0.05) is 5.69 Å². The van der Waals surface area contributed by atoms with Gasteiger partial charge in [-0.2, -0.15) is 0 Å². The summed E-state index contributed by atoms with van der Waals surface area (Å²) in [6, 6.07) is 17.5. The highest BCUT2D eigenvalue weighted by atomic mass is 32.1. The van der Waals surface area contributed by atoms with Crippen molar-refractivity contribution in [1.82, 2.24) is 5.32 Å². The number of aryl methyl sites for hydroxylation is 2. The van der Waals surface area contributed by atoms with E-state index < -0.39 is 0 Å². The van der Waals surface area contributed by atoms with E-state index in [-0.39, 0.29) is 0 Å². The van der Waals surface area contributed by atoms with Crippen LogP contribution in [0.4, 0.5) is 5.69 Å². The number of hydrogen-bond donors (Lipinski definition) is 2. The second-order valence-corrected chi connectivity index (χ2v) is 6.60. The van der Waals surface area contributed by atoms with Crippen LogP contribution in [0.1, 0.15) is 48.9 Å². The van der Waals surface area contributed by atoms with Gasteiger partial charge in [0.2, 0.25) is 0 Å². The molecule has 2 nitrogen and oxygen atoms in total. The topological polar surface area (TPSA) is 24.1 Å². The van der Waals surface area contributed by atoms with E-state index in [1.165, 1.54) is 29.5 Å². The third-order valence-corrected chi connectivity index (χ3v) is 4.69. The molecule has 0 heterocycles. The lowest BCUT2D eigenvalue weighted by Crippen LogP contribution is -2.31. The van der Waals surface area contributed by atoms with Crippen LogP contribution in [0.5, 0.6) is 0 Å². The largest absolute Gasteiger partial charge is 0.356 e. The molecule has 23 heavy (non-hydrogen) atoms. The van der Waals surface area contributed by atoms with Gasteiger partial charge in [-0.3, -0.25) is 0 Å². The Morgan fingerprint density at radius 3 is 2.70 bits per heavy atom. The first-order chi connectivity index (χ1) is 11.3. The summed E-state index contributed by atoms with van der Waals surface area (Å²) < 4.78 is 0. The van der Waals surface area contributed by atoms with Crippen molar-refractivity contribution in [2.75, 3.05) is 5.32 Å². The fourth-order valence-electron chi connectivity index (χ4n) is 3.17. The van der Waals surface area contributed by atoms with E-state index in [9.17, 15) is 0 Å². The molecular formula is C20H24N2S. The van der Waals surface area contributed by atoms with Crippen LogP contribution < -0.4 is 10.6 Å². The van der Waals surface area contributed by atoms with Gasteiger partial charge >= 0.3 is 0 Å². The fourth-order valence-corrected chi connectivity index (χ4v) is 3.43. The maximum Gasteiger partial charge on any atom is 0.171 e. The molecule has 2 aromatic rings. The predicted octanol–water partition coefficient (Wildman–Crippen LogP) is 5.00. The van der Waals surface area contributed by atoms with Crippen LogP contribution in [0.25, 0.3) is 0 Å². The van der Waals surface area contributed by atoms with Crippen LogP contribution in [0.15, 0.2) is 48.5 Å². The molecule has 1 atom stereocenters. The molecule has 1 unspecified atom stereocenters. The number of unbranched alkanes of at least 4 members (excludes halogenated alkanes) is 1. The van der Waals surface area contributed by atoms with Gasteiger partial charge in [0.05, 0.1) is 6.04 Å². The monoisotopic (exact) mass is 324 g/mol. The number of rotatable bonds is 5. The van der Waals surface area contributed by atoms with Crippen molar-refractivity contribution >= 4 is 23.0 Å². The maximum absolute atomic E-state index is 5.48. The van der Waals surface area contributed by atoms with Gasteiger partial charge in [-0.05, 0) is 66.7 Å². The molecule has 0 spiro atoms. The van der Waals surface area contributed by atoms with Crippen molar-refractivity contribution in [3.63, 3.8) is 0 Å². The quantitative estimate of drug-likeness (QED) is 0.757. The van der Waals surface area contributed by atoms with Crippen LogP contribution in [0, 0.1) is 0 Å². The average molecular weight is 324 g/mol. The van der Waals surface area contributed by atoms with Crippen molar-refractivity contribution in [2.24, 2.45) is 0 Å². The van der Waals surface area contributed by atoms with E-state index in [4.69, 9.17) is 12.2 Å². The van der Waals surface area contributed by atoms with E-state index in [1.807, 2.05) is 0 Å². The van der Waals surface area contributed by atoms with E-state index in [2.05, 4.69) is 66.1 Å². The minimum Gasteiger partial charge on any atom is -0.356 e. The molecule has 0 aliphatic heterocycles. The van der Waals surface area contributed by atoms with Gasteiger partial charge in [-0.15, -0.1) is 0 Å². The summed E-state index contributed by atoms with van der Waals surface area (Å²) in [6.07, 6.45) is 5.86. The Morgan fingerprint density at radius 2 is 1.91 bits per heavy atom. The van der Waals surface area contributed by atoms with Gasteiger partial charge in [0.15, 0.2) is 5.11 Å². The zero-order valence-electron chi connectivity index (χ0n) is 13.6. The van der Waals surface area contributed by atoms with E-state index in [1.54, 1.807) is 0 Å². The van der Waals surface area contributed by atoms with E-state index >= 15 is 0 Å². The predicted molar refractivity (Wildman–Crippen MR) is 102 cm³/mol. The Hall–Kier alpha value is -1.87. The molecular weight excluding hydrogens is 300 g/mol. The molecule has 0 saturated heterocycles. The van der Waals surface area contributed by atoms with Crippen molar-refractivity contribution < 1.29 is 0 Å². The Balaban J connectivity index is 1.56. The Bertz CT molecular complexity index is 664. The molecule has 3 heteroatoms. The molecule has 0 saturated carbocycles. The van der Waals surface area contributed by atoms with Crippen molar-refractivity contribution in [2.45, 2.75) is 45.1 Å². The molecule has 2 aromatic carbocycles. The van der Waals surface area contributed by atoms with Crippen LogP contribution in [0.3, 0.4) is 0 Å². The lowest BCUT2D eigenvalue weighted by atomic mass is 10.1. The first-order valence-corrected chi connectivity index (χ1v) is 8.91. The number of hydrogen-bond acceptors (Lipinski definition) is 1. The minimum absolute atomic E-state index is 0.329. The molecule has 0 bridgehead atoms. The number of anilines is 1. The zero-order chi connectivity index (χ0) is 16.1.